The summed E-state index contributed by atoms with van der Waals surface area (Å²) < 4.78 is 0. The second-order valence-electron chi connectivity index (χ2n) is 4.58. The number of thiocarbonyl (C=S) groups is 1. The number of para-hydroxylation sites is 2. The van der Waals surface area contributed by atoms with Crippen molar-refractivity contribution in [2.75, 3.05) is 5.32 Å². The van der Waals surface area contributed by atoms with Crippen molar-refractivity contribution < 1.29 is 0 Å². The summed E-state index contributed by atoms with van der Waals surface area (Å²) in [4.78, 5) is 7.76. The van der Waals surface area contributed by atoms with E-state index in [0.717, 1.165) is 28.1 Å². The van der Waals surface area contributed by atoms with Crippen LogP contribution in [0.2, 0.25) is 0 Å². The summed E-state index contributed by atoms with van der Waals surface area (Å²) in [6, 6.07) is 15.8. The van der Waals surface area contributed by atoms with Crippen molar-refractivity contribution in [1.29, 1.82) is 0 Å². The first kappa shape index (κ1) is 13.3. The van der Waals surface area contributed by atoms with Gasteiger partial charge in [0.25, 0.3) is 0 Å². The van der Waals surface area contributed by atoms with Gasteiger partial charge in [-0.2, -0.15) is 0 Å². The van der Waals surface area contributed by atoms with Crippen molar-refractivity contribution in [3.63, 3.8) is 0 Å². The molecule has 0 fully saturated rings. The van der Waals surface area contributed by atoms with Gasteiger partial charge in [-0.3, -0.25) is 0 Å². The van der Waals surface area contributed by atoms with Crippen LogP contribution in [0.5, 0.6) is 0 Å². The zero-order valence-corrected chi connectivity index (χ0v) is 12.0. The Labute approximate surface area is 127 Å². The van der Waals surface area contributed by atoms with Gasteiger partial charge in [-0.15, -0.1) is 0 Å². The van der Waals surface area contributed by atoms with E-state index >= 15 is 0 Å². The molecule has 2 aromatic carbocycles. The molecule has 0 atom stereocenters. The van der Waals surface area contributed by atoms with E-state index in [4.69, 9.17) is 18.0 Å². The monoisotopic (exact) mass is 294 g/mol. The Bertz CT molecular complexity index is 770. The molecule has 0 aliphatic carbocycles. The summed E-state index contributed by atoms with van der Waals surface area (Å²) in [5.74, 6) is 0.835. The van der Waals surface area contributed by atoms with E-state index in [-0.39, 0.29) is 5.11 Å². The fourth-order valence-electron chi connectivity index (χ4n) is 2.05. The largest absolute Gasteiger partial charge is 0.376 e. The minimum atomic E-state index is 0.264. The molecule has 5 heteroatoms. The van der Waals surface area contributed by atoms with Crippen molar-refractivity contribution in [2.45, 2.75) is 0 Å². The van der Waals surface area contributed by atoms with Crippen LogP contribution in [0.1, 0.15) is 11.4 Å². The number of aromatic amines is 1. The lowest BCUT2D eigenvalue weighted by atomic mass is 10.2. The molecule has 0 radical (unpaired) electrons. The van der Waals surface area contributed by atoms with Crippen LogP contribution in [-0.4, -0.2) is 15.1 Å². The molecule has 0 bridgehead atoms. The molecule has 3 aromatic rings. The third-order valence-corrected chi connectivity index (χ3v) is 3.12. The molecule has 4 N–H and O–H groups in total. The smallest absolute Gasteiger partial charge is 0.168 e. The topological polar surface area (TPSA) is 66.7 Å². The van der Waals surface area contributed by atoms with Crippen LogP contribution < -0.4 is 11.1 Å². The van der Waals surface area contributed by atoms with Crippen molar-refractivity contribution in [3.8, 4) is 0 Å². The number of imidazole rings is 1. The molecule has 4 nitrogen and oxygen atoms in total. The number of nitrogens with two attached hydrogens (primary N) is 1. The average Bonchev–Trinajstić information content (AvgIpc) is 2.89. The Morgan fingerprint density at radius 3 is 2.57 bits per heavy atom. The number of H-pyrrole nitrogens is 1. The first-order valence-corrected chi connectivity index (χ1v) is 6.91. The number of benzene rings is 2. The quantitative estimate of drug-likeness (QED) is 0.648. The van der Waals surface area contributed by atoms with E-state index in [1.165, 1.54) is 0 Å². The van der Waals surface area contributed by atoms with Gasteiger partial charge >= 0.3 is 0 Å². The van der Waals surface area contributed by atoms with Gasteiger partial charge in [0.05, 0.1) is 11.0 Å². The van der Waals surface area contributed by atoms with Gasteiger partial charge in [-0.1, -0.05) is 30.3 Å². The number of hydrogen-bond acceptors (Lipinski definition) is 2. The summed E-state index contributed by atoms with van der Waals surface area (Å²) in [5.41, 5.74) is 9.38. The highest BCUT2D eigenvalue weighted by molar-refractivity contribution is 7.80. The van der Waals surface area contributed by atoms with Crippen LogP contribution in [0.4, 0.5) is 5.69 Å². The molecule has 0 unspecified atom stereocenters. The van der Waals surface area contributed by atoms with Gasteiger partial charge in [0.15, 0.2) is 5.11 Å². The summed E-state index contributed by atoms with van der Waals surface area (Å²) in [6.07, 6.45) is 3.96. The van der Waals surface area contributed by atoms with Crippen LogP contribution in [0, 0.1) is 0 Å². The first-order chi connectivity index (χ1) is 10.2. The minimum absolute atomic E-state index is 0.264. The zero-order chi connectivity index (χ0) is 14.7. The number of anilines is 1. The summed E-state index contributed by atoms with van der Waals surface area (Å²) in [7, 11) is 0. The SMILES string of the molecule is NC(=S)Nc1ccc(C=Cc2nc3ccccc3[nH]2)cc1. The lowest BCUT2D eigenvalue weighted by molar-refractivity contribution is 1.29. The molecule has 0 aliphatic heterocycles. The number of rotatable bonds is 3. The van der Waals surface area contributed by atoms with E-state index in [0.29, 0.717) is 0 Å². The molecule has 0 spiro atoms. The fourth-order valence-corrected chi connectivity index (χ4v) is 2.16. The van der Waals surface area contributed by atoms with E-state index in [1.807, 2.05) is 60.7 Å². The maximum absolute atomic E-state index is 5.43. The van der Waals surface area contributed by atoms with Crippen molar-refractivity contribution >= 4 is 46.2 Å². The highest BCUT2D eigenvalue weighted by atomic mass is 32.1. The van der Waals surface area contributed by atoms with Crippen LogP contribution in [0.15, 0.2) is 48.5 Å². The normalized spacial score (nSPS) is 11.0. The Morgan fingerprint density at radius 1 is 1.10 bits per heavy atom. The Balaban J connectivity index is 1.77. The van der Waals surface area contributed by atoms with Gasteiger partial charge in [0, 0.05) is 5.69 Å². The standard InChI is InChI=1S/C16H14N4S/c17-16(21)18-12-8-5-11(6-9-12)7-10-15-19-13-3-1-2-4-14(13)20-15/h1-10H,(H,19,20)(H3,17,18,21). The summed E-state index contributed by atoms with van der Waals surface area (Å²) >= 11 is 4.80. The Morgan fingerprint density at radius 2 is 1.86 bits per heavy atom. The van der Waals surface area contributed by atoms with Gasteiger partial charge in [0.2, 0.25) is 0 Å². The van der Waals surface area contributed by atoms with Crippen LogP contribution >= 0.6 is 12.2 Å². The number of aromatic nitrogens is 2. The van der Waals surface area contributed by atoms with Crippen LogP contribution in [0.25, 0.3) is 23.2 Å². The molecule has 0 aliphatic rings. The maximum Gasteiger partial charge on any atom is 0.168 e. The minimum Gasteiger partial charge on any atom is -0.376 e. The number of hydrogen-bond donors (Lipinski definition) is 3. The van der Waals surface area contributed by atoms with Crippen LogP contribution in [0.3, 0.4) is 0 Å². The van der Waals surface area contributed by atoms with Crippen molar-refractivity contribution in [1.82, 2.24) is 9.97 Å². The average molecular weight is 294 g/mol. The summed E-state index contributed by atoms with van der Waals surface area (Å²) in [6.45, 7) is 0. The molecule has 104 valence electrons. The highest BCUT2D eigenvalue weighted by Crippen LogP contribution is 2.14. The third-order valence-electron chi connectivity index (χ3n) is 3.02. The predicted octanol–water partition coefficient (Wildman–Crippen LogP) is 3.39. The molecule has 21 heavy (non-hydrogen) atoms. The predicted molar refractivity (Wildman–Crippen MR) is 91.9 cm³/mol. The van der Waals surface area contributed by atoms with Gasteiger partial charge in [0.1, 0.15) is 5.82 Å². The van der Waals surface area contributed by atoms with E-state index in [9.17, 15) is 0 Å². The van der Waals surface area contributed by atoms with E-state index in [1.54, 1.807) is 0 Å². The second kappa shape index (κ2) is 5.76. The lowest BCUT2D eigenvalue weighted by Crippen LogP contribution is -2.18. The number of nitrogens with zero attached hydrogens (tertiary/aromatic N) is 1. The molecule has 0 amide bonds. The van der Waals surface area contributed by atoms with Gasteiger partial charge < -0.3 is 16.0 Å². The van der Waals surface area contributed by atoms with Crippen molar-refractivity contribution in [2.24, 2.45) is 5.73 Å². The number of fused-ring (bicyclic) bond motifs is 1. The van der Waals surface area contributed by atoms with Crippen LogP contribution in [-0.2, 0) is 0 Å². The lowest BCUT2D eigenvalue weighted by Gasteiger charge is -2.03. The second-order valence-corrected chi connectivity index (χ2v) is 5.02. The maximum atomic E-state index is 5.43. The number of nitrogens with one attached hydrogen (secondary N) is 2. The van der Waals surface area contributed by atoms with Gasteiger partial charge in [-0.05, 0) is 48.1 Å². The Kier molecular flexibility index (Phi) is 3.66. The van der Waals surface area contributed by atoms with Gasteiger partial charge in [-0.25, -0.2) is 4.98 Å². The molecular weight excluding hydrogens is 280 g/mol. The summed E-state index contributed by atoms with van der Waals surface area (Å²) in [5, 5.41) is 3.15. The Hall–Kier alpha value is -2.66. The molecule has 0 saturated heterocycles. The molecule has 0 saturated carbocycles. The zero-order valence-electron chi connectivity index (χ0n) is 11.2. The fraction of sp³-hybridized carbons (Fsp3) is 0. The third kappa shape index (κ3) is 3.27. The molecular formula is C16H14N4S. The van der Waals surface area contributed by atoms with E-state index < -0.39 is 0 Å². The highest BCUT2D eigenvalue weighted by Gasteiger charge is 1.98. The molecule has 1 heterocycles. The van der Waals surface area contributed by atoms with Crippen molar-refractivity contribution in [3.05, 3.63) is 59.9 Å². The molecule has 3 rings (SSSR count). The first-order valence-electron chi connectivity index (χ1n) is 6.50. The molecule has 1 aromatic heterocycles. The van der Waals surface area contributed by atoms with E-state index in [2.05, 4.69) is 15.3 Å².